The van der Waals surface area contributed by atoms with Gasteiger partial charge in [-0.15, -0.1) is 0 Å². The number of benzene rings is 1. The zero-order valence-electron chi connectivity index (χ0n) is 9.27. The van der Waals surface area contributed by atoms with Gasteiger partial charge in [-0.25, -0.2) is 14.1 Å². The van der Waals surface area contributed by atoms with Crippen molar-refractivity contribution in [2.24, 2.45) is 5.14 Å². The smallest absolute Gasteiger partial charge is 0.219 e. The maximum absolute atomic E-state index is 11.3. The molecule has 0 aliphatic heterocycles. The molecule has 0 aromatic heterocycles. The molecule has 0 bridgehead atoms. The molecule has 88 valence electrons. The van der Waals surface area contributed by atoms with Gasteiger partial charge in [0.15, 0.2) is 0 Å². The number of nitrogens with two attached hydrogens (primary N) is 1. The van der Waals surface area contributed by atoms with Gasteiger partial charge in [0.05, 0.1) is 4.90 Å². The van der Waals surface area contributed by atoms with Crippen LogP contribution in [0, 0.1) is 4.78 Å². The van der Waals surface area contributed by atoms with Crippen LogP contribution in [0.25, 0.3) is 0 Å². The van der Waals surface area contributed by atoms with Crippen molar-refractivity contribution in [3.63, 3.8) is 0 Å². The van der Waals surface area contributed by atoms with Crippen molar-refractivity contribution in [1.82, 2.24) is 4.90 Å². The monoisotopic (exact) mass is 241 g/mol. The quantitative estimate of drug-likeness (QED) is 0.825. The molecule has 0 aliphatic rings. The second kappa shape index (κ2) is 4.63. The summed E-state index contributed by atoms with van der Waals surface area (Å²) in [5.74, 6) is -0.0511. The van der Waals surface area contributed by atoms with E-state index in [1.54, 1.807) is 31.3 Å². The maximum atomic E-state index is 11.3. The topological polar surface area (TPSA) is 87.2 Å². The number of nitrogens with one attached hydrogen (secondary N) is 1. The van der Waals surface area contributed by atoms with E-state index in [-0.39, 0.29) is 10.8 Å². The largest absolute Gasteiger partial charge is 0.342 e. The van der Waals surface area contributed by atoms with Gasteiger partial charge < -0.3 is 4.90 Å². The molecule has 5 nitrogen and oxygen atoms in total. The third-order valence-electron chi connectivity index (χ3n) is 2.21. The summed E-state index contributed by atoms with van der Waals surface area (Å²) in [5, 5.41) is 5.23. The summed E-state index contributed by atoms with van der Waals surface area (Å²) in [6, 6.07) is 6.62. The van der Waals surface area contributed by atoms with Crippen LogP contribution in [0.1, 0.15) is 12.5 Å². The number of carbonyl (C=O) groups is 1. The summed E-state index contributed by atoms with van der Waals surface area (Å²) in [7, 11) is -1.51. The zero-order valence-corrected chi connectivity index (χ0v) is 10.1. The van der Waals surface area contributed by atoms with E-state index in [0.717, 1.165) is 5.56 Å². The van der Waals surface area contributed by atoms with Crippen LogP contribution in [0.2, 0.25) is 0 Å². The normalized spacial score (nSPS) is 14.2. The average molecular weight is 241 g/mol. The Morgan fingerprint density at radius 1 is 1.56 bits per heavy atom. The number of hydrogen-bond donors (Lipinski definition) is 2. The third-order valence-corrected chi connectivity index (χ3v) is 3.16. The Morgan fingerprint density at radius 3 is 2.69 bits per heavy atom. The number of carbonyl (C=O) groups excluding carboxylic acids is 1. The average Bonchev–Trinajstić information content (AvgIpc) is 2.16. The lowest BCUT2D eigenvalue weighted by atomic mass is 10.2. The molecule has 6 heteroatoms. The van der Waals surface area contributed by atoms with E-state index in [4.69, 9.17) is 9.92 Å². The minimum Gasteiger partial charge on any atom is -0.342 e. The molecule has 0 spiro atoms. The van der Waals surface area contributed by atoms with E-state index in [0.29, 0.717) is 6.54 Å². The molecule has 3 N–H and O–H groups in total. The summed E-state index contributed by atoms with van der Waals surface area (Å²) in [5.41, 5.74) is 0.806. The van der Waals surface area contributed by atoms with Crippen molar-refractivity contribution in [2.75, 3.05) is 7.05 Å². The molecule has 0 heterocycles. The molecule has 0 radical (unpaired) electrons. The number of rotatable bonds is 3. The second-order valence-corrected chi connectivity index (χ2v) is 5.30. The van der Waals surface area contributed by atoms with Crippen LogP contribution in [0.5, 0.6) is 0 Å². The molecule has 1 atom stereocenters. The molecular formula is C10H15N3O2S. The SMILES string of the molecule is CC(=O)N(C)Cc1cccc(S(=N)(N)=O)c1. The lowest BCUT2D eigenvalue weighted by molar-refractivity contribution is -0.128. The highest BCUT2D eigenvalue weighted by Crippen LogP contribution is 2.11. The maximum Gasteiger partial charge on any atom is 0.219 e. The molecule has 0 aliphatic carbocycles. The lowest BCUT2D eigenvalue weighted by Gasteiger charge is -2.15. The molecule has 1 aromatic rings. The van der Waals surface area contributed by atoms with E-state index in [2.05, 4.69) is 0 Å². The molecule has 0 saturated heterocycles. The van der Waals surface area contributed by atoms with Crippen LogP contribution >= 0.6 is 0 Å². The van der Waals surface area contributed by atoms with Crippen LogP contribution in [-0.2, 0) is 21.3 Å². The summed E-state index contributed by atoms with van der Waals surface area (Å²) < 4.78 is 18.6. The Hall–Kier alpha value is -1.40. The summed E-state index contributed by atoms with van der Waals surface area (Å²) in [6.07, 6.45) is 0. The van der Waals surface area contributed by atoms with Crippen molar-refractivity contribution in [3.05, 3.63) is 29.8 Å². The van der Waals surface area contributed by atoms with Gasteiger partial charge in [-0.2, -0.15) is 0 Å². The summed E-state index contributed by atoms with van der Waals surface area (Å²) >= 11 is 0. The summed E-state index contributed by atoms with van der Waals surface area (Å²) in [6.45, 7) is 1.89. The zero-order chi connectivity index (χ0) is 12.3. The molecule has 1 unspecified atom stereocenters. The molecule has 0 saturated carbocycles. The first-order valence-corrected chi connectivity index (χ1v) is 6.30. The summed E-state index contributed by atoms with van der Waals surface area (Å²) in [4.78, 5) is 12.8. The first kappa shape index (κ1) is 12.7. The first-order chi connectivity index (χ1) is 7.30. The first-order valence-electron chi connectivity index (χ1n) is 4.68. The molecule has 1 rings (SSSR count). The van der Waals surface area contributed by atoms with Gasteiger partial charge in [0.25, 0.3) is 0 Å². The number of amides is 1. The fraction of sp³-hybridized carbons (Fsp3) is 0.300. The third kappa shape index (κ3) is 3.32. The van der Waals surface area contributed by atoms with Gasteiger partial charge in [-0.3, -0.25) is 4.79 Å². The van der Waals surface area contributed by atoms with Gasteiger partial charge in [0.2, 0.25) is 5.91 Å². The number of nitrogens with zero attached hydrogens (tertiary/aromatic N) is 1. The highest BCUT2D eigenvalue weighted by atomic mass is 32.2. The van der Waals surface area contributed by atoms with Crippen LogP contribution in [0.4, 0.5) is 0 Å². The fourth-order valence-electron chi connectivity index (χ4n) is 1.22. The Kier molecular flexibility index (Phi) is 3.66. The molecule has 0 fully saturated rings. The van der Waals surface area contributed by atoms with Gasteiger partial charge in [0, 0.05) is 20.5 Å². The van der Waals surface area contributed by atoms with E-state index in [9.17, 15) is 9.00 Å². The van der Waals surface area contributed by atoms with E-state index >= 15 is 0 Å². The lowest BCUT2D eigenvalue weighted by Crippen LogP contribution is -2.23. The minimum atomic E-state index is -3.18. The van der Waals surface area contributed by atoms with Crippen LogP contribution < -0.4 is 5.14 Å². The molecule has 1 aromatic carbocycles. The van der Waals surface area contributed by atoms with Crippen molar-refractivity contribution >= 4 is 15.8 Å². The second-order valence-electron chi connectivity index (χ2n) is 3.62. The van der Waals surface area contributed by atoms with E-state index in [1.807, 2.05) is 0 Å². The Morgan fingerprint density at radius 2 is 2.19 bits per heavy atom. The Bertz CT molecular complexity index is 497. The van der Waals surface area contributed by atoms with Crippen molar-refractivity contribution in [3.8, 4) is 0 Å². The van der Waals surface area contributed by atoms with Crippen LogP contribution in [0.3, 0.4) is 0 Å². The van der Waals surface area contributed by atoms with Gasteiger partial charge in [-0.1, -0.05) is 12.1 Å². The minimum absolute atomic E-state index is 0.0511. The predicted molar refractivity (Wildman–Crippen MR) is 61.9 cm³/mol. The van der Waals surface area contributed by atoms with Crippen LogP contribution in [-0.4, -0.2) is 22.1 Å². The van der Waals surface area contributed by atoms with Crippen LogP contribution in [0.15, 0.2) is 29.2 Å². The van der Waals surface area contributed by atoms with Crippen molar-refractivity contribution < 1.29 is 9.00 Å². The van der Waals surface area contributed by atoms with E-state index in [1.165, 1.54) is 11.8 Å². The highest BCUT2D eigenvalue weighted by molar-refractivity contribution is 7.90. The molecule has 1 amide bonds. The van der Waals surface area contributed by atoms with Gasteiger partial charge in [0.1, 0.15) is 9.92 Å². The predicted octanol–water partition coefficient (Wildman–Crippen LogP) is 0.944. The fourth-order valence-corrected chi connectivity index (χ4v) is 1.82. The molecule has 16 heavy (non-hydrogen) atoms. The Balaban J connectivity index is 2.96. The van der Waals surface area contributed by atoms with Crippen molar-refractivity contribution in [1.29, 1.82) is 4.78 Å². The Labute approximate surface area is 95.4 Å². The number of hydrogen-bond acceptors (Lipinski definition) is 3. The molecular weight excluding hydrogens is 226 g/mol. The van der Waals surface area contributed by atoms with Gasteiger partial charge >= 0.3 is 0 Å². The van der Waals surface area contributed by atoms with E-state index < -0.39 is 9.92 Å². The standard InChI is InChI=1S/C10H15N3O2S/c1-8(14)13(2)7-9-4-3-5-10(6-9)16(11,12)15/h3-6H,7H2,1-2H3,(H3,11,12,15). The van der Waals surface area contributed by atoms with Crippen molar-refractivity contribution in [2.45, 2.75) is 18.4 Å². The van der Waals surface area contributed by atoms with Gasteiger partial charge in [-0.05, 0) is 17.7 Å². The highest BCUT2D eigenvalue weighted by Gasteiger charge is 2.07.